The van der Waals surface area contributed by atoms with Crippen molar-refractivity contribution in [1.82, 2.24) is 15.0 Å². The number of aromatic nitrogens is 3. The summed E-state index contributed by atoms with van der Waals surface area (Å²) in [5, 5.41) is 3.76. The monoisotopic (exact) mass is 493 g/mol. The Balaban J connectivity index is 1.62. The van der Waals surface area contributed by atoms with Crippen LogP contribution in [-0.4, -0.2) is 42.3 Å². The van der Waals surface area contributed by atoms with Gasteiger partial charge in [-0.25, -0.2) is 23.4 Å². The van der Waals surface area contributed by atoms with Gasteiger partial charge in [-0.1, -0.05) is 12.1 Å². The first-order chi connectivity index (χ1) is 16.1. The van der Waals surface area contributed by atoms with Gasteiger partial charge in [-0.05, 0) is 36.6 Å². The van der Waals surface area contributed by atoms with E-state index in [2.05, 4.69) is 20.3 Å². The number of halogens is 3. The summed E-state index contributed by atoms with van der Waals surface area (Å²) < 4.78 is 72.7. The van der Waals surface area contributed by atoms with Gasteiger partial charge in [0.1, 0.15) is 17.5 Å². The van der Waals surface area contributed by atoms with E-state index in [4.69, 9.17) is 4.74 Å². The Bertz CT molecular complexity index is 1360. The summed E-state index contributed by atoms with van der Waals surface area (Å²) in [6.45, 7) is 2.04. The summed E-state index contributed by atoms with van der Waals surface area (Å²) in [6.07, 6.45) is -2.21. The van der Waals surface area contributed by atoms with Crippen LogP contribution in [0.2, 0.25) is 0 Å². The Morgan fingerprint density at radius 3 is 2.79 bits per heavy atom. The van der Waals surface area contributed by atoms with Gasteiger partial charge in [-0.2, -0.15) is 13.2 Å². The molecule has 1 N–H and O–H groups in total. The third-order valence-corrected chi connectivity index (χ3v) is 7.87. The number of ether oxygens (including phenoxy) is 1. The van der Waals surface area contributed by atoms with Crippen molar-refractivity contribution in [2.24, 2.45) is 0 Å². The number of alkyl halides is 3. The van der Waals surface area contributed by atoms with Crippen molar-refractivity contribution in [3.8, 4) is 0 Å². The van der Waals surface area contributed by atoms with Crippen molar-refractivity contribution in [3.05, 3.63) is 53.0 Å². The van der Waals surface area contributed by atoms with Crippen LogP contribution >= 0.6 is 0 Å². The van der Waals surface area contributed by atoms with Crippen LogP contribution < -0.4 is 9.62 Å². The number of fused-ring (bicyclic) bond motifs is 5. The molecule has 1 atom stereocenters. The van der Waals surface area contributed by atoms with Crippen LogP contribution in [0.1, 0.15) is 41.9 Å². The number of nitrogens with one attached hydrogen (secondary N) is 1. The minimum atomic E-state index is -4.51. The van der Waals surface area contributed by atoms with E-state index in [9.17, 15) is 21.6 Å². The molecule has 5 rings (SSSR count). The lowest BCUT2D eigenvalue weighted by atomic mass is 9.96. The lowest BCUT2D eigenvalue weighted by molar-refractivity contribution is -0.139. The predicted molar refractivity (Wildman–Crippen MR) is 120 cm³/mol. The molecule has 1 aromatic carbocycles. The molecule has 3 aromatic rings. The van der Waals surface area contributed by atoms with Crippen molar-refractivity contribution in [2.45, 2.75) is 38.6 Å². The molecule has 2 aliphatic rings. The largest absolute Gasteiger partial charge is 0.416 e. The zero-order valence-electron chi connectivity index (χ0n) is 18.3. The first-order valence-electron chi connectivity index (χ1n) is 10.8. The van der Waals surface area contributed by atoms with E-state index in [1.165, 1.54) is 16.6 Å². The minimum absolute atomic E-state index is 0.0582. The van der Waals surface area contributed by atoms with Crippen LogP contribution in [0.5, 0.6) is 0 Å². The molecule has 0 radical (unpaired) electrons. The maximum atomic E-state index is 13.7. The van der Waals surface area contributed by atoms with Crippen LogP contribution in [0.25, 0.3) is 10.9 Å². The maximum Gasteiger partial charge on any atom is 0.416 e. The maximum absolute atomic E-state index is 13.7. The van der Waals surface area contributed by atoms with E-state index >= 15 is 0 Å². The first kappa shape index (κ1) is 22.8. The highest BCUT2D eigenvalue weighted by Crippen LogP contribution is 2.37. The fourth-order valence-corrected chi connectivity index (χ4v) is 5.89. The van der Waals surface area contributed by atoms with Crippen LogP contribution in [0.15, 0.2) is 30.5 Å². The van der Waals surface area contributed by atoms with E-state index in [1.54, 1.807) is 19.1 Å². The average Bonchev–Trinajstić information content (AvgIpc) is 3.13. The first-order valence-corrected chi connectivity index (χ1v) is 12.4. The summed E-state index contributed by atoms with van der Waals surface area (Å²) in [6, 6.07) is 5.14. The lowest BCUT2D eigenvalue weighted by Gasteiger charge is -2.22. The number of hydrogen-bond donors (Lipinski definition) is 1. The molecule has 0 saturated carbocycles. The van der Waals surface area contributed by atoms with Crippen LogP contribution in [-0.2, 0) is 34.0 Å². The summed E-state index contributed by atoms with van der Waals surface area (Å²) in [5.41, 5.74) is 0.295. The quantitative estimate of drug-likeness (QED) is 0.550. The number of benzene rings is 1. The number of hydrogen-bond acceptors (Lipinski definition) is 7. The number of nitrogens with zero attached hydrogens (tertiary/aromatic N) is 4. The molecule has 2 aromatic heterocycles. The Labute approximate surface area is 194 Å². The van der Waals surface area contributed by atoms with Gasteiger partial charge in [0, 0.05) is 18.4 Å². The highest BCUT2D eigenvalue weighted by atomic mass is 32.2. The third kappa shape index (κ3) is 4.16. The highest BCUT2D eigenvalue weighted by Gasteiger charge is 2.35. The second-order valence-corrected chi connectivity index (χ2v) is 10.3. The van der Waals surface area contributed by atoms with Crippen molar-refractivity contribution in [2.75, 3.05) is 28.5 Å². The fourth-order valence-electron chi connectivity index (χ4n) is 4.38. The Hall–Kier alpha value is -2.99. The summed E-state index contributed by atoms with van der Waals surface area (Å²) >= 11 is 0. The van der Waals surface area contributed by atoms with E-state index in [1.807, 2.05) is 0 Å². The summed E-state index contributed by atoms with van der Waals surface area (Å²) in [7, 11) is -3.43. The molecule has 180 valence electrons. The molecule has 2 bridgehead atoms. The number of rotatable bonds is 1. The van der Waals surface area contributed by atoms with Crippen molar-refractivity contribution < 1.29 is 26.3 Å². The van der Waals surface area contributed by atoms with E-state index in [0.717, 1.165) is 6.07 Å². The predicted octanol–water partition coefficient (Wildman–Crippen LogP) is 3.83. The third-order valence-electron chi connectivity index (χ3n) is 6.02. The Morgan fingerprint density at radius 1 is 1.24 bits per heavy atom. The van der Waals surface area contributed by atoms with E-state index < -0.39 is 27.8 Å². The minimum Gasteiger partial charge on any atom is -0.376 e. The molecule has 1 saturated heterocycles. The molecule has 2 aliphatic heterocycles. The second-order valence-electron chi connectivity index (χ2n) is 8.33. The molecule has 8 nitrogen and oxygen atoms in total. The normalized spacial score (nSPS) is 20.5. The molecule has 34 heavy (non-hydrogen) atoms. The van der Waals surface area contributed by atoms with Crippen LogP contribution in [0.4, 0.5) is 24.8 Å². The fraction of sp³-hybridized carbons (Fsp3) is 0.409. The van der Waals surface area contributed by atoms with Gasteiger partial charge in [0.15, 0.2) is 0 Å². The van der Waals surface area contributed by atoms with Gasteiger partial charge in [0.2, 0.25) is 10.0 Å². The molecular formula is C22H22F3N5O3S. The molecule has 0 spiro atoms. The Kier molecular flexibility index (Phi) is 5.59. The standard InChI is InChI=1S/C22H22F3N5O3S/c1-13-14-4-2-5-17(22(23,24)25)16(14)12-33-8-6-19-28-18-11-26-20(10-15(18)21(27-13)29-19)30-7-3-9-34(30,31)32/h2,4-5,10-11,13H,3,6-9,12H2,1H3,(H,27,28,29). The molecular weight excluding hydrogens is 471 g/mol. The SMILES string of the molecule is CC1Nc2nc(nc3cnc(N4CCCS4(=O)=O)cc23)CCOCc2c1cccc2C(F)(F)F. The lowest BCUT2D eigenvalue weighted by Crippen LogP contribution is -2.26. The molecule has 1 unspecified atom stereocenters. The zero-order chi connectivity index (χ0) is 24.1. The number of sulfonamides is 1. The zero-order valence-corrected chi connectivity index (χ0v) is 19.1. The number of anilines is 2. The van der Waals surface area contributed by atoms with Crippen molar-refractivity contribution in [1.29, 1.82) is 0 Å². The second kappa shape index (κ2) is 8.35. The summed E-state index contributed by atoms with van der Waals surface area (Å²) in [4.78, 5) is 13.4. The molecule has 0 amide bonds. The van der Waals surface area contributed by atoms with Gasteiger partial charge in [-0.3, -0.25) is 4.31 Å². The van der Waals surface area contributed by atoms with Gasteiger partial charge in [0.25, 0.3) is 0 Å². The van der Waals surface area contributed by atoms with E-state index in [-0.39, 0.29) is 30.3 Å². The van der Waals surface area contributed by atoms with Crippen LogP contribution in [0.3, 0.4) is 0 Å². The van der Waals surface area contributed by atoms with Gasteiger partial charge in [-0.15, -0.1) is 0 Å². The van der Waals surface area contributed by atoms with Gasteiger partial charge in [0.05, 0.1) is 42.3 Å². The van der Waals surface area contributed by atoms with Gasteiger partial charge < -0.3 is 10.1 Å². The van der Waals surface area contributed by atoms with E-state index in [0.29, 0.717) is 47.5 Å². The van der Waals surface area contributed by atoms with Gasteiger partial charge >= 0.3 is 6.18 Å². The topological polar surface area (TPSA) is 97.3 Å². The molecule has 0 aliphatic carbocycles. The molecule has 4 heterocycles. The smallest absolute Gasteiger partial charge is 0.376 e. The van der Waals surface area contributed by atoms with Crippen molar-refractivity contribution >= 4 is 32.6 Å². The molecule has 12 heteroatoms. The Morgan fingerprint density at radius 2 is 2.06 bits per heavy atom. The van der Waals surface area contributed by atoms with Crippen LogP contribution in [0, 0.1) is 0 Å². The summed E-state index contributed by atoms with van der Waals surface area (Å²) in [5.74, 6) is 1.18. The average molecular weight is 494 g/mol. The van der Waals surface area contributed by atoms with Crippen molar-refractivity contribution in [3.63, 3.8) is 0 Å². The number of pyridine rings is 1. The molecule has 1 fully saturated rings. The highest BCUT2D eigenvalue weighted by molar-refractivity contribution is 7.93.